The van der Waals surface area contributed by atoms with Crippen molar-refractivity contribution < 1.29 is 172 Å². The van der Waals surface area contributed by atoms with Gasteiger partial charge >= 0.3 is 113 Å². The lowest BCUT2D eigenvalue weighted by Crippen LogP contribution is -2.80. The lowest BCUT2D eigenvalue weighted by Gasteiger charge is -2.47. The predicted octanol–water partition coefficient (Wildman–Crippen LogP) is 12.5. The van der Waals surface area contributed by atoms with Crippen LogP contribution in [-0.4, -0.2) is 119 Å². The minimum absolute atomic E-state index is 0.506. The Kier molecular flexibility index (Phi) is 13.8. The molecule has 0 bridgehead atoms. The van der Waals surface area contributed by atoms with Crippen LogP contribution >= 0.6 is 0 Å². The lowest BCUT2D eigenvalue weighted by atomic mass is 9.82. The zero-order valence-corrected chi connectivity index (χ0v) is 27.2. The number of carbonyl (C=O) groups excluding carboxylic acids is 1. The summed E-state index contributed by atoms with van der Waals surface area (Å²) in [5.41, 5.74) is -3.62. The fourth-order valence-corrected chi connectivity index (χ4v) is 3.67. The van der Waals surface area contributed by atoms with Crippen LogP contribution in [0.25, 0.3) is 0 Å². The summed E-state index contributed by atoms with van der Waals surface area (Å²) in [6, 6.07) is 0. The number of carbonyl (C=O) groups is 1. The second-order valence-electron chi connectivity index (χ2n) is 11.5. The van der Waals surface area contributed by atoms with Gasteiger partial charge in [-0.25, -0.2) is 4.79 Å². The Morgan fingerprint density at radius 1 is 0.306 bits per heavy atom. The normalized spacial score (nSPS) is 16.7. The minimum atomic E-state index is -10.5. The molecule has 2 nitrogen and oxygen atoms in total. The molecule has 0 fully saturated rings. The third-order valence-corrected chi connectivity index (χ3v) is 7.57. The summed E-state index contributed by atoms with van der Waals surface area (Å²) in [5.74, 6) is -170. The highest BCUT2D eigenvalue weighted by Crippen LogP contribution is 2.70. The summed E-state index contributed by atoms with van der Waals surface area (Å²) in [7, 11) is 0. The van der Waals surface area contributed by atoms with E-state index in [0.29, 0.717) is 6.92 Å². The molecule has 0 atom stereocenters. The molecule has 0 aliphatic carbocycles. The highest BCUT2D eigenvalue weighted by Gasteiger charge is 3.02. The smallest absolute Gasteiger partial charge is 0.460 e. The second kappa shape index (κ2) is 14.6. The van der Waals surface area contributed by atoms with Gasteiger partial charge in [-0.15, -0.1) is 0 Å². The molecular formula is C23H7F37O2. The first-order valence-electron chi connectivity index (χ1n) is 13.5. The summed E-state index contributed by atoms with van der Waals surface area (Å²) in [6.07, 6.45) is -8.48. The van der Waals surface area contributed by atoms with E-state index in [1.54, 1.807) is 0 Å². The van der Waals surface area contributed by atoms with Crippen molar-refractivity contribution in [3.8, 4) is 0 Å². The van der Waals surface area contributed by atoms with Crippen molar-refractivity contribution in [2.75, 3.05) is 6.61 Å². The number of halogens is 37. The predicted molar refractivity (Wildman–Crippen MR) is 116 cm³/mol. The van der Waals surface area contributed by atoms with E-state index in [0.717, 1.165) is 0 Å². The van der Waals surface area contributed by atoms with Gasteiger partial charge < -0.3 is 4.74 Å². The largest absolute Gasteiger partial charge is 0.462 e. The zero-order valence-electron chi connectivity index (χ0n) is 27.2. The van der Waals surface area contributed by atoms with E-state index >= 15 is 0 Å². The fraction of sp³-hybridized carbons (Fsp3) is 0.870. The van der Waals surface area contributed by atoms with Gasteiger partial charge in [-0.3, -0.25) is 0 Å². The molecule has 0 aromatic heterocycles. The molecule has 0 heterocycles. The number of ether oxygens (including phenoxy) is 1. The molecule has 370 valence electrons. The van der Waals surface area contributed by atoms with Gasteiger partial charge in [0.2, 0.25) is 0 Å². The molecule has 0 saturated carbocycles. The van der Waals surface area contributed by atoms with E-state index in [-0.39, 0.29) is 0 Å². The monoisotopic (exact) mass is 1020 g/mol. The van der Waals surface area contributed by atoms with Crippen LogP contribution in [-0.2, 0) is 9.53 Å². The van der Waals surface area contributed by atoms with Crippen molar-refractivity contribution in [1.82, 2.24) is 0 Å². The second-order valence-corrected chi connectivity index (χ2v) is 11.5. The van der Waals surface area contributed by atoms with Crippen molar-refractivity contribution in [2.24, 2.45) is 0 Å². The van der Waals surface area contributed by atoms with Crippen molar-refractivity contribution in [3.63, 3.8) is 0 Å². The van der Waals surface area contributed by atoms with Crippen LogP contribution < -0.4 is 0 Å². The lowest BCUT2D eigenvalue weighted by molar-refractivity contribution is -0.493. The van der Waals surface area contributed by atoms with Crippen molar-refractivity contribution in [3.05, 3.63) is 12.2 Å². The van der Waals surface area contributed by atoms with E-state index < -0.39 is 125 Å². The van der Waals surface area contributed by atoms with Gasteiger partial charge in [0.25, 0.3) is 0 Å². The molecule has 0 rings (SSSR count). The first-order chi connectivity index (χ1) is 26.1. The molecule has 0 N–H and O–H groups in total. The molecule has 0 radical (unpaired) electrons. The summed E-state index contributed by atoms with van der Waals surface area (Å²) in [6.45, 7) is 0.685. The molecule has 62 heavy (non-hydrogen) atoms. The highest BCUT2D eigenvalue weighted by atomic mass is 19.4. The average Bonchev–Trinajstić information content (AvgIpc) is 3.05. The molecule has 0 unspecified atom stereocenters. The van der Waals surface area contributed by atoms with Gasteiger partial charge in [0.1, 0.15) is 5.57 Å². The Hall–Kier alpha value is -3.38. The Bertz CT molecular complexity index is 1680. The van der Waals surface area contributed by atoms with Crippen LogP contribution in [0.1, 0.15) is 6.92 Å². The van der Waals surface area contributed by atoms with Crippen molar-refractivity contribution in [2.45, 2.75) is 114 Å². The maximum Gasteiger partial charge on any atom is 0.460 e. The van der Waals surface area contributed by atoms with Crippen LogP contribution in [0.15, 0.2) is 12.2 Å². The van der Waals surface area contributed by atoms with Crippen LogP contribution in [0.4, 0.5) is 162 Å². The first-order valence-corrected chi connectivity index (χ1v) is 13.5. The van der Waals surface area contributed by atoms with Crippen molar-refractivity contribution in [1.29, 1.82) is 0 Å². The quantitative estimate of drug-likeness (QED) is 0.0732. The first kappa shape index (κ1) is 58.6. The Morgan fingerprint density at radius 3 is 0.597 bits per heavy atom. The Labute approximate surface area is 311 Å². The third-order valence-electron chi connectivity index (χ3n) is 7.57. The summed E-state index contributed by atoms with van der Waals surface area (Å²) < 4.78 is 509. The van der Waals surface area contributed by atoms with E-state index in [1.807, 2.05) is 0 Å². The Balaban J connectivity index is 7.90. The van der Waals surface area contributed by atoms with Gasteiger partial charge in [0.15, 0.2) is 0 Å². The standard InChI is InChI=1S/C23H7F37O2/c1-3-62-5(61)4(2)6(24,25)7(26,27)8(28,29)9(30,31)10(32,33)11(34,35)12(36,37)13(38,39)14(40,41)15(42,43)16(44,45)17(46,47)18(48,49)19(50,51)20(52,53)21(54,55)22(56,57)23(58,59)60/h2-3H2,1H3. The van der Waals surface area contributed by atoms with Gasteiger partial charge in [0.05, 0.1) is 6.61 Å². The molecule has 0 spiro atoms. The molecule has 0 aromatic carbocycles. The summed E-state index contributed by atoms with van der Waals surface area (Å²) >= 11 is 0. The molecular weight excluding hydrogens is 1010 g/mol. The molecule has 0 saturated heterocycles. The molecule has 0 aromatic rings. The van der Waals surface area contributed by atoms with Gasteiger partial charge in [-0.05, 0) is 6.92 Å². The van der Waals surface area contributed by atoms with Crippen LogP contribution in [0.2, 0.25) is 0 Å². The number of hydrogen-bond acceptors (Lipinski definition) is 2. The third kappa shape index (κ3) is 6.62. The van der Waals surface area contributed by atoms with Crippen LogP contribution in [0.5, 0.6) is 0 Å². The van der Waals surface area contributed by atoms with Gasteiger partial charge in [-0.1, -0.05) is 6.58 Å². The number of hydrogen-bond donors (Lipinski definition) is 0. The number of esters is 1. The maximum absolute atomic E-state index is 14.0. The Morgan fingerprint density at radius 2 is 0.452 bits per heavy atom. The molecule has 0 aliphatic rings. The van der Waals surface area contributed by atoms with Crippen molar-refractivity contribution >= 4 is 5.97 Å². The molecule has 39 heteroatoms. The summed E-state index contributed by atoms with van der Waals surface area (Å²) in [5, 5.41) is 0. The minimum Gasteiger partial charge on any atom is -0.462 e. The van der Waals surface area contributed by atoms with Gasteiger partial charge in [-0.2, -0.15) is 162 Å². The highest BCUT2D eigenvalue weighted by molar-refractivity contribution is 5.90. The van der Waals surface area contributed by atoms with E-state index in [1.165, 1.54) is 6.58 Å². The average molecular weight is 1020 g/mol. The SMILES string of the molecule is C=C(C(=O)OCC)C(F)(F)C(F)(F)C(F)(F)C(F)(F)C(F)(F)C(F)(F)C(F)(F)C(F)(F)C(F)(F)C(F)(F)C(F)(F)C(F)(F)C(F)(F)C(F)(F)C(F)(F)C(F)(F)C(F)(F)C(F)(F)F. The maximum atomic E-state index is 14.0. The summed E-state index contributed by atoms with van der Waals surface area (Å²) in [4.78, 5) is 11.1. The van der Waals surface area contributed by atoms with E-state index in [2.05, 4.69) is 4.74 Å². The molecule has 0 amide bonds. The fourth-order valence-electron chi connectivity index (χ4n) is 3.67. The van der Waals surface area contributed by atoms with Crippen LogP contribution in [0.3, 0.4) is 0 Å². The van der Waals surface area contributed by atoms with E-state index in [4.69, 9.17) is 0 Å². The van der Waals surface area contributed by atoms with Crippen LogP contribution in [0, 0.1) is 0 Å². The number of rotatable bonds is 19. The zero-order chi connectivity index (χ0) is 51.6. The molecule has 0 aliphatic heterocycles. The number of alkyl halides is 37. The van der Waals surface area contributed by atoms with Gasteiger partial charge in [0, 0.05) is 0 Å². The van der Waals surface area contributed by atoms with E-state index in [9.17, 15) is 167 Å². The topological polar surface area (TPSA) is 26.3 Å².